The summed E-state index contributed by atoms with van der Waals surface area (Å²) >= 11 is 0. The Bertz CT molecular complexity index is 1090. The summed E-state index contributed by atoms with van der Waals surface area (Å²) in [5, 5.41) is 0. The second-order valence-corrected chi connectivity index (χ2v) is 6.55. The summed E-state index contributed by atoms with van der Waals surface area (Å²) < 4.78 is 11.8. The summed E-state index contributed by atoms with van der Waals surface area (Å²) in [4.78, 5) is 44.2. The molecule has 3 heterocycles. The topological polar surface area (TPSA) is 103 Å². The molecular formula is C20H21N3O5. The Balaban J connectivity index is 1.81. The fourth-order valence-electron chi connectivity index (χ4n) is 3.13. The third-order valence-electron chi connectivity index (χ3n) is 4.63. The van der Waals surface area contributed by atoms with Gasteiger partial charge < -0.3 is 18.9 Å². The highest BCUT2D eigenvalue weighted by Crippen LogP contribution is 2.21. The number of hydrogen-bond donors (Lipinski definition) is 1. The SMILES string of the molecule is COC(=O)c1c(C)[nH]c(C(=O)C(C)OC(=O)c2cn3c(C)cccc3n2)c1C. The third-order valence-corrected chi connectivity index (χ3v) is 4.63. The zero-order valence-electron chi connectivity index (χ0n) is 16.3. The van der Waals surface area contributed by atoms with Gasteiger partial charge in [0, 0.05) is 17.6 Å². The van der Waals surface area contributed by atoms with Crippen LogP contribution in [-0.4, -0.2) is 45.3 Å². The molecule has 0 bridgehead atoms. The predicted octanol–water partition coefficient (Wildman–Crippen LogP) is 2.80. The lowest BCUT2D eigenvalue weighted by Crippen LogP contribution is -2.25. The first-order valence-electron chi connectivity index (χ1n) is 8.72. The smallest absolute Gasteiger partial charge is 0.359 e. The summed E-state index contributed by atoms with van der Waals surface area (Å²) in [6.45, 7) is 6.69. The van der Waals surface area contributed by atoms with Crippen LogP contribution in [0.3, 0.4) is 0 Å². The van der Waals surface area contributed by atoms with E-state index in [-0.39, 0.29) is 11.4 Å². The molecule has 0 saturated carbocycles. The lowest BCUT2D eigenvalue weighted by molar-refractivity contribution is 0.0311. The normalized spacial score (nSPS) is 12.0. The minimum atomic E-state index is -1.05. The van der Waals surface area contributed by atoms with Gasteiger partial charge in [0.15, 0.2) is 11.8 Å². The minimum absolute atomic E-state index is 0.114. The quantitative estimate of drug-likeness (QED) is 0.537. The number of esters is 2. The van der Waals surface area contributed by atoms with Crippen molar-refractivity contribution in [2.45, 2.75) is 33.8 Å². The molecule has 8 nitrogen and oxygen atoms in total. The maximum Gasteiger partial charge on any atom is 0.359 e. The van der Waals surface area contributed by atoms with Crippen LogP contribution in [-0.2, 0) is 9.47 Å². The van der Waals surface area contributed by atoms with Crippen molar-refractivity contribution in [3.8, 4) is 0 Å². The number of pyridine rings is 1. The first-order valence-corrected chi connectivity index (χ1v) is 8.72. The number of ketones is 1. The van der Waals surface area contributed by atoms with E-state index in [2.05, 4.69) is 9.97 Å². The molecule has 3 aromatic heterocycles. The number of aryl methyl sites for hydroxylation is 2. The van der Waals surface area contributed by atoms with Crippen LogP contribution in [0.4, 0.5) is 0 Å². The zero-order chi connectivity index (χ0) is 20.6. The van der Waals surface area contributed by atoms with Gasteiger partial charge in [-0.05, 0) is 45.4 Å². The van der Waals surface area contributed by atoms with Gasteiger partial charge in [-0.25, -0.2) is 14.6 Å². The van der Waals surface area contributed by atoms with E-state index < -0.39 is 23.8 Å². The van der Waals surface area contributed by atoms with E-state index in [0.29, 0.717) is 22.5 Å². The fraction of sp³-hybridized carbons (Fsp3) is 0.300. The highest BCUT2D eigenvalue weighted by molar-refractivity contribution is 6.04. The van der Waals surface area contributed by atoms with Crippen LogP contribution in [0.2, 0.25) is 0 Å². The Morgan fingerprint density at radius 3 is 2.50 bits per heavy atom. The molecule has 0 fully saturated rings. The molecule has 28 heavy (non-hydrogen) atoms. The van der Waals surface area contributed by atoms with E-state index in [9.17, 15) is 14.4 Å². The zero-order valence-corrected chi connectivity index (χ0v) is 16.3. The molecule has 0 saturated heterocycles. The number of carbonyl (C=O) groups excluding carboxylic acids is 3. The average molecular weight is 383 g/mol. The molecule has 3 aromatic rings. The van der Waals surface area contributed by atoms with Crippen molar-refractivity contribution in [1.29, 1.82) is 0 Å². The summed E-state index contributed by atoms with van der Waals surface area (Å²) in [6, 6.07) is 5.51. The highest BCUT2D eigenvalue weighted by Gasteiger charge is 2.28. The third kappa shape index (κ3) is 3.28. The summed E-state index contributed by atoms with van der Waals surface area (Å²) in [7, 11) is 1.27. The van der Waals surface area contributed by atoms with E-state index in [1.807, 2.05) is 19.1 Å². The largest absolute Gasteiger partial charge is 0.465 e. The van der Waals surface area contributed by atoms with Crippen LogP contribution < -0.4 is 0 Å². The first-order chi connectivity index (χ1) is 13.2. The maximum atomic E-state index is 12.7. The highest BCUT2D eigenvalue weighted by atomic mass is 16.5. The number of H-pyrrole nitrogens is 1. The van der Waals surface area contributed by atoms with Gasteiger partial charge in [0.1, 0.15) is 5.65 Å². The van der Waals surface area contributed by atoms with Crippen LogP contribution in [0.15, 0.2) is 24.4 Å². The standard InChI is InChI=1S/C20H21N3O5/c1-10-7-6-8-15-22-14(9-23(10)15)19(25)28-13(4)18(24)17-11(2)16(12(3)21-17)20(26)27-5/h6-9,13,21H,1-5H3. The number of rotatable bonds is 5. The number of nitrogens with one attached hydrogen (secondary N) is 1. The molecule has 3 rings (SSSR count). The predicted molar refractivity (Wildman–Crippen MR) is 101 cm³/mol. The molecule has 0 radical (unpaired) electrons. The Kier molecular flexibility index (Phi) is 5.04. The van der Waals surface area contributed by atoms with Crippen LogP contribution in [0, 0.1) is 20.8 Å². The lowest BCUT2D eigenvalue weighted by atomic mass is 10.1. The van der Waals surface area contributed by atoms with Gasteiger partial charge in [-0.1, -0.05) is 6.07 Å². The van der Waals surface area contributed by atoms with Crippen molar-refractivity contribution in [2.75, 3.05) is 7.11 Å². The van der Waals surface area contributed by atoms with Gasteiger partial charge in [0.05, 0.1) is 18.4 Å². The number of nitrogens with zero attached hydrogens (tertiary/aromatic N) is 2. The van der Waals surface area contributed by atoms with Crippen molar-refractivity contribution >= 4 is 23.4 Å². The van der Waals surface area contributed by atoms with Gasteiger partial charge in [-0.15, -0.1) is 0 Å². The monoisotopic (exact) mass is 383 g/mol. The van der Waals surface area contributed by atoms with E-state index in [0.717, 1.165) is 5.69 Å². The fourth-order valence-corrected chi connectivity index (χ4v) is 3.13. The molecular weight excluding hydrogens is 362 g/mol. The summed E-state index contributed by atoms with van der Waals surface area (Å²) in [5.41, 5.74) is 3.14. The minimum Gasteiger partial charge on any atom is -0.465 e. The molecule has 8 heteroatoms. The van der Waals surface area contributed by atoms with E-state index >= 15 is 0 Å². The van der Waals surface area contributed by atoms with Crippen molar-refractivity contribution in [1.82, 2.24) is 14.4 Å². The van der Waals surface area contributed by atoms with Crippen molar-refractivity contribution in [2.24, 2.45) is 0 Å². The summed E-state index contributed by atoms with van der Waals surface area (Å²) in [6.07, 6.45) is 0.518. The number of aromatic amines is 1. The molecule has 0 aliphatic heterocycles. The van der Waals surface area contributed by atoms with E-state index in [1.165, 1.54) is 14.0 Å². The van der Waals surface area contributed by atoms with Crippen molar-refractivity contribution < 1.29 is 23.9 Å². The Morgan fingerprint density at radius 1 is 1.14 bits per heavy atom. The molecule has 1 atom stereocenters. The van der Waals surface area contributed by atoms with Gasteiger partial charge in [0.2, 0.25) is 5.78 Å². The number of fused-ring (bicyclic) bond motifs is 1. The van der Waals surface area contributed by atoms with E-state index in [4.69, 9.17) is 9.47 Å². The number of carbonyl (C=O) groups is 3. The molecule has 0 aliphatic rings. The molecule has 146 valence electrons. The van der Waals surface area contributed by atoms with E-state index in [1.54, 1.807) is 30.5 Å². The maximum absolute atomic E-state index is 12.7. The Morgan fingerprint density at radius 2 is 1.86 bits per heavy atom. The van der Waals surface area contributed by atoms with Gasteiger partial charge in [-0.2, -0.15) is 0 Å². The van der Waals surface area contributed by atoms with Crippen LogP contribution in [0.25, 0.3) is 5.65 Å². The molecule has 1 unspecified atom stereocenters. The van der Waals surface area contributed by atoms with Gasteiger partial charge in [0.25, 0.3) is 0 Å². The number of methoxy groups -OCH3 is 1. The Labute approximate surface area is 161 Å². The molecule has 0 aromatic carbocycles. The second kappa shape index (κ2) is 7.30. The van der Waals surface area contributed by atoms with Crippen molar-refractivity contribution in [3.63, 3.8) is 0 Å². The lowest BCUT2D eigenvalue weighted by Gasteiger charge is -2.11. The van der Waals surface area contributed by atoms with Crippen LogP contribution in [0.1, 0.15) is 55.2 Å². The van der Waals surface area contributed by atoms with Gasteiger partial charge in [-0.3, -0.25) is 4.79 Å². The number of hydrogen-bond acceptors (Lipinski definition) is 6. The number of Topliss-reactive ketones (excluding diaryl/α,β-unsaturated/α-hetero) is 1. The van der Waals surface area contributed by atoms with Crippen LogP contribution >= 0.6 is 0 Å². The van der Waals surface area contributed by atoms with Gasteiger partial charge >= 0.3 is 11.9 Å². The molecule has 0 aliphatic carbocycles. The Hall–Kier alpha value is -3.42. The first kappa shape index (κ1) is 19.3. The second-order valence-electron chi connectivity index (χ2n) is 6.55. The average Bonchev–Trinajstić information content (AvgIpc) is 3.22. The molecule has 1 N–H and O–H groups in total. The van der Waals surface area contributed by atoms with Crippen LogP contribution in [0.5, 0.6) is 0 Å². The number of ether oxygens (including phenoxy) is 2. The van der Waals surface area contributed by atoms with Crippen molar-refractivity contribution in [3.05, 3.63) is 58.3 Å². The molecule has 0 spiro atoms. The molecule has 0 amide bonds. The number of aromatic nitrogens is 3. The number of imidazole rings is 1. The summed E-state index contributed by atoms with van der Waals surface area (Å²) in [5.74, 6) is -1.67.